The van der Waals surface area contributed by atoms with Gasteiger partial charge in [0.2, 0.25) is 5.91 Å². The van der Waals surface area contributed by atoms with Crippen molar-refractivity contribution in [2.24, 2.45) is 5.92 Å². The number of benzene rings is 2. The van der Waals surface area contributed by atoms with Crippen molar-refractivity contribution in [3.8, 4) is 11.5 Å². The lowest BCUT2D eigenvalue weighted by Crippen LogP contribution is -2.36. The van der Waals surface area contributed by atoms with E-state index in [2.05, 4.69) is 5.32 Å². The number of amides is 2. The number of para-hydroxylation sites is 1. The maximum atomic E-state index is 12.5. The summed E-state index contributed by atoms with van der Waals surface area (Å²) in [5.74, 6) is 1.61. The standard InChI is InChI=1S/C25H28N2O4/c1-25(2)13-18-4-3-5-21(23(18)31-25)30-15-22(28)26-20-9-8-16-10-11-27(14-19(16)12-20)24(29)17-6-7-17/h3-5,8-9,12,17H,6-7,10-11,13-15H2,1-2H3,(H,26,28). The number of anilines is 1. The van der Waals surface area contributed by atoms with Gasteiger partial charge in [-0.2, -0.15) is 0 Å². The van der Waals surface area contributed by atoms with E-state index >= 15 is 0 Å². The van der Waals surface area contributed by atoms with Gasteiger partial charge >= 0.3 is 0 Å². The number of fused-ring (bicyclic) bond motifs is 2. The van der Waals surface area contributed by atoms with Gasteiger partial charge < -0.3 is 19.7 Å². The highest BCUT2D eigenvalue weighted by Crippen LogP contribution is 2.41. The Bertz CT molecular complexity index is 1040. The molecule has 1 N–H and O–H groups in total. The lowest BCUT2D eigenvalue weighted by molar-refractivity contribution is -0.133. The second-order valence-corrected chi connectivity index (χ2v) is 9.39. The second-order valence-electron chi connectivity index (χ2n) is 9.39. The fourth-order valence-electron chi connectivity index (χ4n) is 4.45. The molecule has 6 heteroatoms. The van der Waals surface area contributed by atoms with E-state index in [1.807, 2.05) is 55.1 Å². The zero-order chi connectivity index (χ0) is 21.6. The van der Waals surface area contributed by atoms with Crippen LogP contribution in [0.5, 0.6) is 11.5 Å². The van der Waals surface area contributed by atoms with E-state index in [0.717, 1.165) is 54.8 Å². The first-order valence-corrected chi connectivity index (χ1v) is 11.0. The molecule has 0 atom stereocenters. The largest absolute Gasteiger partial charge is 0.483 e. The molecule has 2 aromatic carbocycles. The second kappa shape index (κ2) is 7.59. The van der Waals surface area contributed by atoms with Crippen LogP contribution in [-0.4, -0.2) is 35.5 Å². The van der Waals surface area contributed by atoms with Crippen molar-refractivity contribution in [1.29, 1.82) is 0 Å². The molecule has 0 radical (unpaired) electrons. The van der Waals surface area contributed by atoms with Crippen LogP contribution in [0.2, 0.25) is 0 Å². The molecule has 0 aromatic heterocycles. The number of carbonyl (C=O) groups excluding carboxylic acids is 2. The molecule has 162 valence electrons. The summed E-state index contributed by atoms with van der Waals surface area (Å²) in [6, 6.07) is 11.7. The highest BCUT2D eigenvalue weighted by Gasteiger charge is 2.35. The van der Waals surface area contributed by atoms with E-state index < -0.39 is 0 Å². The van der Waals surface area contributed by atoms with Gasteiger partial charge in [0.1, 0.15) is 5.60 Å². The summed E-state index contributed by atoms with van der Waals surface area (Å²) in [5, 5.41) is 2.92. The van der Waals surface area contributed by atoms with E-state index in [1.165, 1.54) is 5.56 Å². The molecule has 2 heterocycles. The molecule has 5 rings (SSSR count). The van der Waals surface area contributed by atoms with Gasteiger partial charge in [-0.05, 0) is 62.4 Å². The molecule has 31 heavy (non-hydrogen) atoms. The zero-order valence-corrected chi connectivity index (χ0v) is 18.1. The van der Waals surface area contributed by atoms with Crippen molar-refractivity contribution in [2.75, 3.05) is 18.5 Å². The summed E-state index contributed by atoms with van der Waals surface area (Å²) in [7, 11) is 0. The van der Waals surface area contributed by atoms with Gasteiger partial charge in [-0.25, -0.2) is 0 Å². The number of rotatable bonds is 5. The van der Waals surface area contributed by atoms with Crippen LogP contribution in [0, 0.1) is 5.92 Å². The number of carbonyl (C=O) groups is 2. The van der Waals surface area contributed by atoms with Crippen LogP contribution in [0.4, 0.5) is 5.69 Å². The quantitative estimate of drug-likeness (QED) is 0.801. The van der Waals surface area contributed by atoms with E-state index in [9.17, 15) is 9.59 Å². The van der Waals surface area contributed by atoms with Gasteiger partial charge in [0, 0.05) is 36.7 Å². The first-order valence-electron chi connectivity index (χ1n) is 11.0. The monoisotopic (exact) mass is 420 g/mol. The van der Waals surface area contributed by atoms with Crippen molar-refractivity contribution in [3.05, 3.63) is 53.1 Å². The predicted molar refractivity (Wildman–Crippen MR) is 117 cm³/mol. The van der Waals surface area contributed by atoms with E-state index in [4.69, 9.17) is 9.47 Å². The highest BCUT2D eigenvalue weighted by atomic mass is 16.5. The Balaban J connectivity index is 1.21. The van der Waals surface area contributed by atoms with Crippen LogP contribution in [0.15, 0.2) is 36.4 Å². The number of nitrogens with zero attached hydrogens (tertiary/aromatic N) is 1. The van der Waals surface area contributed by atoms with Crippen LogP contribution in [0.25, 0.3) is 0 Å². The molecule has 1 aliphatic carbocycles. The van der Waals surface area contributed by atoms with Crippen LogP contribution in [0.1, 0.15) is 43.4 Å². The Kier molecular flexibility index (Phi) is 4.88. The van der Waals surface area contributed by atoms with Crippen LogP contribution >= 0.6 is 0 Å². The predicted octanol–water partition coefficient (Wildman–Crippen LogP) is 3.71. The Hall–Kier alpha value is -3.02. The Morgan fingerprint density at radius 2 is 2.00 bits per heavy atom. The normalized spacial score (nSPS) is 18.6. The van der Waals surface area contributed by atoms with Crippen molar-refractivity contribution in [1.82, 2.24) is 4.90 Å². The van der Waals surface area contributed by atoms with Gasteiger partial charge in [-0.15, -0.1) is 0 Å². The summed E-state index contributed by atoms with van der Waals surface area (Å²) >= 11 is 0. The fraction of sp³-hybridized carbons (Fsp3) is 0.440. The van der Waals surface area contributed by atoms with Crippen molar-refractivity contribution < 1.29 is 19.1 Å². The molecular formula is C25H28N2O4. The van der Waals surface area contributed by atoms with Crippen molar-refractivity contribution in [3.63, 3.8) is 0 Å². The Morgan fingerprint density at radius 1 is 1.16 bits per heavy atom. The minimum atomic E-state index is -0.262. The van der Waals surface area contributed by atoms with E-state index in [1.54, 1.807) is 0 Å². The molecule has 0 saturated heterocycles. The van der Waals surface area contributed by atoms with Crippen LogP contribution < -0.4 is 14.8 Å². The van der Waals surface area contributed by atoms with Crippen LogP contribution in [-0.2, 0) is 29.0 Å². The maximum Gasteiger partial charge on any atom is 0.262 e. The van der Waals surface area contributed by atoms with Gasteiger partial charge in [0.25, 0.3) is 5.91 Å². The van der Waals surface area contributed by atoms with Gasteiger partial charge in [0.15, 0.2) is 18.1 Å². The highest BCUT2D eigenvalue weighted by molar-refractivity contribution is 5.92. The molecule has 1 saturated carbocycles. The summed E-state index contributed by atoms with van der Waals surface area (Å²) in [4.78, 5) is 26.9. The Labute approximate surface area is 182 Å². The fourth-order valence-corrected chi connectivity index (χ4v) is 4.45. The first-order chi connectivity index (χ1) is 14.9. The molecule has 2 amide bonds. The van der Waals surface area contributed by atoms with Crippen LogP contribution in [0.3, 0.4) is 0 Å². The average Bonchev–Trinajstić information content (AvgIpc) is 3.53. The number of hydrogen-bond donors (Lipinski definition) is 1. The molecule has 2 aromatic rings. The maximum absolute atomic E-state index is 12.5. The molecule has 0 spiro atoms. The molecule has 0 unspecified atom stereocenters. The SMILES string of the molecule is CC1(C)Cc2cccc(OCC(=O)Nc3ccc4c(c3)CN(C(=O)C3CC3)CC4)c2O1. The molecule has 3 aliphatic rings. The van der Waals surface area contributed by atoms with Gasteiger partial charge in [-0.3, -0.25) is 9.59 Å². The first kappa shape index (κ1) is 19.9. The van der Waals surface area contributed by atoms with E-state index in [-0.39, 0.29) is 29.9 Å². The molecule has 0 bridgehead atoms. The van der Waals surface area contributed by atoms with Gasteiger partial charge in [0.05, 0.1) is 0 Å². The lowest BCUT2D eigenvalue weighted by Gasteiger charge is -2.29. The third kappa shape index (κ3) is 4.24. The average molecular weight is 421 g/mol. The number of ether oxygens (including phenoxy) is 2. The summed E-state index contributed by atoms with van der Waals surface area (Å²) in [6.45, 7) is 5.39. The minimum Gasteiger partial charge on any atom is -0.483 e. The zero-order valence-electron chi connectivity index (χ0n) is 18.1. The molecule has 6 nitrogen and oxygen atoms in total. The molecule has 1 fully saturated rings. The van der Waals surface area contributed by atoms with E-state index in [0.29, 0.717) is 12.3 Å². The topological polar surface area (TPSA) is 67.9 Å². The third-order valence-corrected chi connectivity index (χ3v) is 6.15. The summed E-state index contributed by atoms with van der Waals surface area (Å²) in [5.41, 5.74) is 3.91. The molecule has 2 aliphatic heterocycles. The van der Waals surface area contributed by atoms with Crippen molar-refractivity contribution >= 4 is 17.5 Å². The number of nitrogens with one attached hydrogen (secondary N) is 1. The minimum absolute atomic E-state index is 0.0936. The smallest absolute Gasteiger partial charge is 0.262 e. The molecular weight excluding hydrogens is 392 g/mol. The van der Waals surface area contributed by atoms with Gasteiger partial charge in [-0.1, -0.05) is 18.2 Å². The summed E-state index contributed by atoms with van der Waals surface area (Å²) in [6.07, 6.45) is 3.72. The van der Waals surface area contributed by atoms with Crippen molar-refractivity contribution in [2.45, 2.75) is 51.7 Å². The summed E-state index contributed by atoms with van der Waals surface area (Å²) < 4.78 is 11.8. The lowest BCUT2D eigenvalue weighted by atomic mass is 9.98. The third-order valence-electron chi connectivity index (χ3n) is 6.15. The Morgan fingerprint density at radius 3 is 2.81 bits per heavy atom. The number of hydrogen-bond acceptors (Lipinski definition) is 4.